The molecule has 2 heteroatoms. The van der Waals surface area contributed by atoms with Gasteiger partial charge in [-0.1, -0.05) is 20.3 Å². The molecule has 0 spiro atoms. The number of alkyl halides is 2. The van der Waals surface area contributed by atoms with Crippen LogP contribution in [0.1, 0.15) is 39.5 Å². The third kappa shape index (κ3) is 1.16. The molecule has 0 atom stereocenters. The molecule has 1 fully saturated rings. The number of hydrogen-bond acceptors (Lipinski definition) is 0. The van der Waals surface area contributed by atoms with Crippen molar-refractivity contribution in [2.75, 3.05) is 0 Å². The van der Waals surface area contributed by atoms with Gasteiger partial charge in [-0.2, -0.15) is 0 Å². The van der Waals surface area contributed by atoms with Crippen molar-refractivity contribution in [2.24, 2.45) is 5.41 Å². The highest BCUT2D eigenvalue weighted by Gasteiger charge is 2.47. The molecule has 1 rings (SSSR count). The van der Waals surface area contributed by atoms with Gasteiger partial charge in [-0.25, -0.2) is 8.78 Å². The highest BCUT2D eigenvalue weighted by molar-refractivity contribution is 4.88. The summed E-state index contributed by atoms with van der Waals surface area (Å²) in [6, 6.07) is 0. The number of hydrogen-bond donors (Lipinski definition) is 0. The Morgan fingerprint density at radius 2 is 1.50 bits per heavy atom. The van der Waals surface area contributed by atoms with Crippen molar-refractivity contribution in [2.45, 2.75) is 45.5 Å². The first kappa shape index (κ1) is 7.96. The molecule has 0 heterocycles. The average Bonchev–Trinajstić information content (AvgIpc) is 1.77. The van der Waals surface area contributed by atoms with Gasteiger partial charge in [0.25, 0.3) is 5.92 Å². The van der Waals surface area contributed by atoms with Gasteiger partial charge in [0.2, 0.25) is 0 Å². The number of rotatable bonds is 0. The fourth-order valence-electron chi connectivity index (χ4n) is 1.44. The van der Waals surface area contributed by atoms with Crippen LogP contribution >= 0.6 is 0 Å². The molecule has 60 valence electrons. The van der Waals surface area contributed by atoms with Crippen molar-refractivity contribution in [1.29, 1.82) is 0 Å². The Morgan fingerprint density at radius 3 is 1.80 bits per heavy atom. The lowest BCUT2D eigenvalue weighted by atomic mass is 9.74. The largest absolute Gasteiger partial charge is 0.253 e. The summed E-state index contributed by atoms with van der Waals surface area (Å²) in [5, 5.41) is 0. The summed E-state index contributed by atoms with van der Waals surface area (Å²) in [6.45, 7) is 3.32. The van der Waals surface area contributed by atoms with Crippen LogP contribution in [-0.2, 0) is 0 Å². The quantitative estimate of drug-likeness (QED) is 0.494. The summed E-state index contributed by atoms with van der Waals surface area (Å²) in [4.78, 5) is 0. The van der Waals surface area contributed by atoms with Crippen molar-refractivity contribution in [3.63, 3.8) is 0 Å². The normalized spacial score (nSPS) is 30.0. The van der Waals surface area contributed by atoms with Gasteiger partial charge < -0.3 is 0 Å². The summed E-state index contributed by atoms with van der Waals surface area (Å²) < 4.78 is 26.0. The summed E-state index contributed by atoms with van der Waals surface area (Å²) in [6.07, 6.45) is 2.40. The highest BCUT2D eigenvalue weighted by Crippen LogP contribution is 2.47. The van der Waals surface area contributed by atoms with E-state index in [0.717, 1.165) is 6.42 Å². The molecule has 1 aliphatic rings. The van der Waals surface area contributed by atoms with E-state index in [9.17, 15) is 8.78 Å². The van der Waals surface area contributed by atoms with Crippen LogP contribution < -0.4 is 0 Å². The van der Waals surface area contributed by atoms with E-state index in [-0.39, 0.29) is 6.42 Å². The lowest BCUT2D eigenvalue weighted by Gasteiger charge is -2.38. The molecule has 0 unspecified atom stereocenters. The van der Waals surface area contributed by atoms with Crippen LogP contribution in [0.2, 0.25) is 0 Å². The molecular weight excluding hydrogens is 134 g/mol. The third-order valence-electron chi connectivity index (χ3n) is 2.53. The molecule has 0 nitrogen and oxygen atoms in total. The number of halogens is 2. The van der Waals surface area contributed by atoms with Crippen LogP contribution in [0.15, 0.2) is 0 Å². The minimum Gasteiger partial charge on any atom is -0.206 e. The van der Waals surface area contributed by atoms with Crippen LogP contribution in [0.3, 0.4) is 0 Å². The molecule has 0 aromatic rings. The average molecular weight is 148 g/mol. The molecule has 0 aliphatic heterocycles. The fourth-order valence-corrected chi connectivity index (χ4v) is 1.44. The first-order valence-corrected chi connectivity index (χ1v) is 3.84. The van der Waals surface area contributed by atoms with Gasteiger partial charge in [0.15, 0.2) is 0 Å². The van der Waals surface area contributed by atoms with Gasteiger partial charge in [-0.3, -0.25) is 0 Å². The van der Waals surface area contributed by atoms with Gasteiger partial charge in [0.05, 0.1) is 0 Å². The second-order valence-corrected chi connectivity index (χ2v) is 3.80. The molecule has 0 radical (unpaired) electrons. The third-order valence-corrected chi connectivity index (χ3v) is 2.53. The van der Waals surface area contributed by atoms with Crippen LogP contribution in [-0.4, -0.2) is 5.92 Å². The van der Waals surface area contributed by atoms with Crippen molar-refractivity contribution in [3.8, 4) is 0 Å². The van der Waals surface area contributed by atoms with Crippen LogP contribution in [0.4, 0.5) is 8.78 Å². The predicted molar refractivity (Wildman–Crippen MR) is 37.2 cm³/mol. The van der Waals surface area contributed by atoms with E-state index in [4.69, 9.17) is 0 Å². The van der Waals surface area contributed by atoms with Crippen LogP contribution in [0.25, 0.3) is 0 Å². The lowest BCUT2D eigenvalue weighted by Crippen LogP contribution is -2.39. The SMILES string of the molecule is CC1(C)CCCCC1(F)F. The Balaban J connectivity index is 2.70. The summed E-state index contributed by atoms with van der Waals surface area (Å²) in [5.41, 5.74) is -0.759. The molecule has 0 aromatic heterocycles. The summed E-state index contributed by atoms with van der Waals surface area (Å²) >= 11 is 0. The second kappa shape index (κ2) is 2.18. The highest BCUT2D eigenvalue weighted by atomic mass is 19.3. The van der Waals surface area contributed by atoms with Crippen molar-refractivity contribution in [3.05, 3.63) is 0 Å². The first-order chi connectivity index (χ1) is 4.46. The minimum atomic E-state index is -2.43. The second-order valence-electron chi connectivity index (χ2n) is 3.80. The van der Waals surface area contributed by atoms with Gasteiger partial charge in [-0.15, -0.1) is 0 Å². The Hall–Kier alpha value is -0.140. The zero-order valence-corrected chi connectivity index (χ0v) is 6.58. The fraction of sp³-hybridized carbons (Fsp3) is 1.00. The molecule has 0 saturated heterocycles. The summed E-state index contributed by atoms with van der Waals surface area (Å²) in [7, 11) is 0. The first-order valence-electron chi connectivity index (χ1n) is 3.84. The van der Waals surface area contributed by atoms with E-state index in [2.05, 4.69) is 0 Å². The van der Waals surface area contributed by atoms with E-state index in [0.29, 0.717) is 12.8 Å². The molecule has 0 bridgehead atoms. The molecule has 1 saturated carbocycles. The van der Waals surface area contributed by atoms with Crippen molar-refractivity contribution < 1.29 is 8.78 Å². The Bertz CT molecular complexity index is 111. The molecule has 0 aromatic carbocycles. The standard InChI is InChI=1S/C8H14F2/c1-7(2)5-3-4-6-8(7,9)10/h3-6H2,1-2H3. The Labute approximate surface area is 60.6 Å². The van der Waals surface area contributed by atoms with Gasteiger partial charge >= 0.3 is 0 Å². The van der Waals surface area contributed by atoms with E-state index >= 15 is 0 Å². The summed E-state index contributed by atoms with van der Waals surface area (Å²) in [5.74, 6) is -2.43. The zero-order chi connectivity index (χ0) is 7.83. The molecule has 0 amide bonds. The minimum absolute atomic E-state index is 0.0833. The zero-order valence-electron chi connectivity index (χ0n) is 6.58. The van der Waals surface area contributed by atoms with Gasteiger partial charge in [-0.05, 0) is 12.8 Å². The van der Waals surface area contributed by atoms with E-state index in [1.807, 2.05) is 0 Å². The molecule has 10 heavy (non-hydrogen) atoms. The topological polar surface area (TPSA) is 0 Å². The Kier molecular flexibility index (Phi) is 1.73. The van der Waals surface area contributed by atoms with E-state index < -0.39 is 11.3 Å². The van der Waals surface area contributed by atoms with Gasteiger partial charge in [0, 0.05) is 11.8 Å². The maximum Gasteiger partial charge on any atom is 0.253 e. The maximum atomic E-state index is 13.0. The smallest absolute Gasteiger partial charge is 0.206 e. The van der Waals surface area contributed by atoms with Crippen LogP contribution in [0, 0.1) is 5.41 Å². The van der Waals surface area contributed by atoms with Crippen molar-refractivity contribution >= 4 is 0 Å². The monoisotopic (exact) mass is 148 g/mol. The maximum absolute atomic E-state index is 13.0. The van der Waals surface area contributed by atoms with Crippen LogP contribution in [0.5, 0.6) is 0 Å². The van der Waals surface area contributed by atoms with E-state index in [1.54, 1.807) is 13.8 Å². The van der Waals surface area contributed by atoms with Crippen molar-refractivity contribution in [1.82, 2.24) is 0 Å². The van der Waals surface area contributed by atoms with E-state index in [1.165, 1.54) is 0 Å². The molecule has 1 aliphatic carbocycles. The lowest BCUT2D eigenvalue weighted by molar-refractivity contribution is -0.132. The van der Waals surface area contributed by atoms with Gasteiger partial charge in [0.1, 0.15) is 0 Å². The molecule has 0 N–H and O–H groups in total. The Morgan fingerprint density at radius 1 is 1.00 bits per heavy atom. The predicted octanol–water partition coefficient (Wildman–Crippen LogP) is 3.22. The molecular formula is C8H14F2.